The first kappa shape index (κ1) is 15.5. The largest absolute Gasteiger partial charge is 0.507 e. The standard InChI is InChI=1S/C16H15FN2O3/c1-10(13-9-11(22-2)7-8-15(13)20)18-19-16(21)12-5-3-4-6-14(12)17/h3-9,20H,1-2H3,(H,19,21)/b18-10+. The van der Waals surface area contributed by atoms with Gasteiger partial charge in [0.05, 0.1) is 18.4 Å². The third-order valence-corrected chi connectivity index (χ3v) is 3.04. The fourth-order valence-corrected chi connectivity index (χ4v) is 1.83. The van der Waals surface area contributed by atoms with E-state index in [1.54, 1.807) is 25.1 Å². The maximum Gasteiger partial charge on any atom is 0.274 e. The topological polar surface area (TPSA) is 70.9 Å². The number of rotatable bonds is 4. The predicted molar refractivity (Wildman–Crippen MR) is 80.7 cm³/mol. The van der Waals surface area contributed by atoms with Crippen molar-refractivity contribution in [2.45, 2.75) is 6.92 Å². The first-order valence-electron chi connectivity index (χ1n) is 6.49. The molecule has 0 saturated carbocycles. The van der Waals surface area contributed by atoms with Crippen molar-refractivity contribution in [2.24, 2.45) is 5.10 Å². The molecule has 0 aliphatic rings. The van der Waals surface area contributed by atoms with Gasteiger partial charge in [0, 0.05) is 5.56 Å². The van der Waals surface area contributed by atoms with Gasteiger partial charge in [0.2, 0.25) is 0 Å². The molecule has 2 aromatic carbocycles. The number of halogens is 1. The summed E-state index contributed by atoms with van der Waals surface area (Å²) in [4.78, 5) is 11.9. The maximum atomic E-state index is 13.5. The Labute approximate surface area is 127 Å². The van der Waals surface area contributed by atoms with Gasteiger partial charge in [-0.2, -0.15) is 5.10 Å². The van der Waals surface area contributed by atoms with Crippen molar-refractivity contribution in [3.63, 3.8) is 0 Å². The minimum absolute atomic E-state index is 0.00203. The van der Waals surface area contributed by atoms with Crippen molar-refractivity contribution in [2.75, 3.05) is 7.11 Å². The molecule has 5 nitrogen and oxygen atoms in total. The summed E-state index contributed by atoms with van der Waals surface area (Å²) in [6.45, 7) is 1.61. The molecule has 0 saturated heterocycles. The number of hydrogen-bond donors (Lipinski definition) is 2. The third-order valence-electron chi connectivity index (χ3n) is 3.04. The van der Waals surface area contributed by atoms with Gasteiger partial charge in [-0.15, -0.1) is 0 Å². The second-order valence-electron chi connectivity index (χ2n) is 4.50. The van der Waals surface area contributed by atoms with Gasteiger partial charge in [-0.1, -0.05) is 12.1 Å². The van der Waals surface area contributed by atoms with E-state index in [1.807, 2.05) is 0 Å². The molecule has 0 aliphatic carbocycles. The highest BCUT2D eigenvalue weighted by molar-refractivity contribution is 6.02. The van der Waals surface area contributed by atoms with Gasteiger partial charge in [-0.3, -0.25) is 4.79 Å². The molecule has 0 unspecified atom stereocenters. The Morgan fingerprint density at radius 2 is 1.95 bits per heavy atom. The second-order valence-corrected chi connectivity index (χ2v) is 4.50. The number of phenols is 1. The molecule has 0 bridgehead atoms. The Balaban J connectivity index is 2.20. The molecule has 2 aromatic rings. The van der Waals surface area contributed by atoms with E-state index in [4.69, 9.17) is 4.74 Å². The van der Waals surface area contributed by atoms with Gasteiger partial charge in [-0.25, -0.2) is 9.82 Å². The van der Waals surface area contributed by atoms with Gasteiger partial charge in [0.15, 0.2) is 0 Å². The molecule has 0 spiro atoms. The van der Waals surface area contributed by atoms with E-state index < -0.39 is 11.7 Å². The zero-order valence-electron chi connectivity index (χ0n) is 12.1. The number of methoxy groups -OCH3 is 1. The van der Waals surface area contributed by atoms with Crippen molar-refractivity contribution in [1.82, 2.24) is 5.43 Å². The average Bonchev–Trinajstić information content (AvgIpc) is 2.53. The molecule has 2 N–H and O–H groups in total. The molecule has 0 heterocycles. The molecule has 0 aromatic heterocycles. The van der Waals surface area contributed by atoms with Crippen LogP contribution < -0.4 is 10.2 Å². The van der Waals surface area contributed by atoms with Crippen LogP contribution >= 0.6 is 0 Å². The Morgan fingerprint density at radius 1 is 1.23 bits per heavy atom. The second kappa shape index (κ2) is 6.71. The SMILES string of the molecule is COc1ccc(O)c(/C(C)=N/NC(=O)c2ccccc2F)c1. The Morgan fingerprint density at radius 3 is 2.64 bits per heavy atom. The Bertz CT molecular complexity index is 729. The average molecular weight is 302 g/mol. The molecule has 1 amide bonds. The smallest absolute Gasteiger partial charge is 0.274 e. The molecule has 114 valence electrons. The number of aromatic hydroxyl groups is 1. The molecule has 22 heavy (non-hydrogen) atoms. The lowest BCUT2D eigenvalue weighted by molar-refractivity contribution is 0.0951. The van der Waals surface area contributed by atoms with E-state index in [2.05, 4.69) is 10.5 Å². The van der Waals surface area contributed by atoms with E-state index >= 15 is 0 Å². The summed E-state index contributed by atoms with van der Waals surface area (Å²) in [5.74, 6) is -0.748. The summed E-state index contributed by atoms with van der Waals surface area (Å²) in [6, 6.07) is 10.3. The highest BCUT2D eigenvalue weighted by Crippen LogP contribution is 2.23. The fourth-order valence-electron chi connectivity index (χ4n) is 1.83. The third kappa shape index (κ3) is 3.41. The van der Waals surface area contributed by atoms with Crippen LogP contribution in [0.25, 0.3) is 0 Å². The van der Waals surface area contributed by atoms with Crippen molar-refractivity contribution in [3.05, 3.63) is 59.4 Å². The summed E-state index contributed by atoms with van der Waals surface area (Å²) in [5.41, 5.74) is 2.93. The van der Waals surface area contributed by atoms with Crippen molar-refractivity contribution >= 4 is 11.6 Å². The van der Waals surface area contributed by atoms with Crippen LogP contribution in [-0.2, 0) is 0 Å². The summed E-state index contributed by atoms with van der Waals surface area (Å²) in [7, 11) is 1.50. The van der Waals surface area contributed by atoms with Crippen LogP contribution in [0.4, 0.5) is 4.39 Å². The van der Waals surface area contributed by atoms with Crippen LogP contribution in [0.2, 0.25) is 0 Å². The number of carbonyl (C=O) groups is 1. The Hall–Kier alpha value is -2.89. The van der Waals surface area contributed by atoms with Crippen molar-refractivity contribution < 1.29 is 19.0 Å². The normalized spacial score (nSPS) is 11.1. The number of nitrogens with zero attached hydrogens (tertiary/aromatic N) is 1. The molecule has 6 heteroatoms. The number of benzene rings is 2. The van der Waals surface area contributed by atoms with Crippen molar-refractivity contribution in [3.8, 4) is 11.5 Å². The predicted octanol–water partition coefficient (Wildman–Crippen LogP) is 2.69. The van der Waals surface area contributed by atoms with Crippen LogP contribution in [0.5, 0.6) is 11.5 Å². The van der Waals surface area contributed by atoms with E-state index in [0.717, 1.165) is 0 Å². The molecule has 0 radical (unpaired) electrons. The van der Waals surface area contributed by atoms with Crippen LogP contribution in [0.15, 0.2) is 47.6 Å². The molecule has 0 aliphatic heterocycles. The van der Waals surface area contributed by atoms with Gasteiger partial charge < -0.3 is 9.84 Å². The first-order valence-corrected chi connectivity index (χ1v) is 6.49. The minimum atomic E-state index is -0.667. The number of phenolic OH excluding ortho intramolecular Hbond substituents is 1. The van der Waals surface area contributed by atoms with Crippen LogP contribution in [0, 0.1) is 5.82 Å². The number of hydrazone groups is 1. The van der Waals surface area contributed by atoms with Crippen LogP contribution in [0.3, 0.4) is 0 Å². The lowest BCUT2D eigenvalue weighted by Crippen LogP contribution is -2.20. The first-order chi connectivity index (χ1) is 10.5. The van der Waals surface area contributed by atoms with Gasteiger partial charge in [-0.05, 0) is 37.3 Å². The molecule has 0 fully saturated rings. The summed E-state index contributed by atoms with van der Waals surface area (Å²) in [5, 5.41) is 13.7. The lowest BCUT2D eigenvalue weighted by atomic mass is 10.1. The van der Waals surface area contributed by atoms with E-state index in [9.17, 15) is 14.3 Å². The lowest BCUT2D eigenvalue weighted by Gasteiger charge is -2.07. The summed E-state index contributed by atoms with van der Waals surface area (Å²) in [6.07, 6.45) is 0. The molecule has 2 rings (SSSR count). The van der Waals surface area contributed by atoms with Crippen LogP contribution in [-0.4, -0.2) is 23.8 Å². The number of nitrogens with one attached hydrogen (secondary N) is 1. The van der Waals surface area contributed by atoms with Gasteiger partial charge >= 0.3 is 0 Å². The fraction of sp³-hybridized carbons (Fsp3) is 0.125. The van der Waals surface area contributed by atoms with Crippen molar-refractivity contribution in [1.29, 1.82) is 0 Å². The summed E-state index contributed by atoms with van der Waals surface area (Å²) >= 11 is 0. The minimum Gasteiger partial charge on any atom is -0.507 e. The quantitative estimate of drug-likeness (QED) is 0.674. The number of ether oxygens (including phenoxy) is 1. The van der Waals surface area contributed by atoms with Crippen LogP contribution in [0.1, 0.15) is 22.8 Å². The number of hydrogen-bond acceptors (Lipinski definition) is 4. The maximum absolute atomic E-state index is 13.5. The highest BCUT2D eigenvalue weighted by Gasteiger charge is 2.11. The zero-order valence-corrected chi connectivity index (χ0v) is 12.1. The molecular formula is C16H15FN2O3. The zero-order chi connectivity index (χ0) is 16.1. The Kier molecular flexibility index (Phi) is 4.73. The number of amides is 1. The molecule has 0 atom stereocenters. The summed E-state index contributed by atoms with van der Waals surface area (Å²) < 4.78 is 18.6. The van der Waals surface area contributed by atoms with Gasteiger partial charge in [0.1, 0.15) is 17.3 Å². The van der Waals surface area contributed by atoms with E-state index in [0.29, 0.717) is 17.0 Å². The number of carbonyl (C=O) groups excluding carboxylic acids is 1. The monoisotopic (exact) mass is 302 g/mol. The van der Waals surface area contributed by atoms with Gasteiger partial charge in [0.25, 0.3) is 5.91 Å². The molecular weight excluding hydrogens is 287 g/mol. The highest BCUT2D eigenvalue weighted by atomic mass is 19.1. The van der Waals surface area contributed by atoms with E-state index in [-0.39, 0.29) is 11.3 Å². The van der Waals surface area contributed by atoms with E-state index in [1.165, 1.54) is 31.4 Å².